The fraction of sp³-hybridized carbons (Fsp3) is 0.217. The molecule has 0 radical (unpaired) electrons. The highest BCUT2D eigenvalue weighted by molar-refractivity contribution is 6.23. The van der Waals surface area contributed by atoms with Crippen LogP contribution in [0.25, 0.3) is 6.08 Å². The number of allylic oxidation sites excluding steroid dienone is 1. The van der Waals surface area contributed by atoms with Crippen LogP contribution < -0.4 is 14.4 Å². The number of carbonyl (C=O) groups excluding carboxylic acids is 2. The van der Waals surface area contributed by atoms with E-state index in [2.05, 4.69) is 0 Å². The second-order valence-electron chi connectivity index (χ2n) is 6.77. The zero-order valence-corrected chi connectivity index (χ0v) is 18.1. The van der Waals surface area contributed by atoms with Gasteiger partial charge in [-0.15, -0.1) is 0 Å². The molecule has 9 heteroatoms. The van der Waals surface area contributed by atoms with Gasteiger partial charge in [0.1, 0.15) is 0 Å². The number of anilines is 1. The van der Waals surface area contributed by atoms with Gasteiger partial charge in [-0.2, -0.15) is 0 Å². The SMILES string of the molecule is CCOc1ccc(/C=C2\C(=O)N(c3ccc([N+](=O)[O-])cc3)C(C)=C2C(=O)OC)cc1OC. The number of rotatable bonds is 7. The van der Waals surface area contributed by atoms with Gasteiger partial charge in [-0.05, 0) is 49.8 Å². The third-order valence-electron chi connectivity index (χ3n) is 4.91. The standard InChI is InChI=1S/C23H22N2O7/c1-5-32-19-11-6-15(13-20(19)30-3)12-18-21(23(27)31-4)14(2)24(22(18)26)16-7-9-17(10-8-16)25(28)29/h6-13H,5H2,1-4H3/b18-12-. The molecule has 1 aliphatic rings. The molecule has 0 bridgehead atoms. The summed E-state index contributed by atoms with van der Waals surface area (Å²) in [4.78, 5) is 37.6. The maximum atomic E-state index is 13.3. The highest BCUT2D eigenvalue weighted by atomic mass is 16.6. The topological polar surface area (TPSA) is 108 Å². The molecular formula is C23H22N2O7. The summed E-state index contributed by atoms with van der Waals surface area (Å²) in [7, 11) is 2.74. The summed E-state index contributed by atoms with van der Waals surface area (Å²) in [6.45, 7) is 3.94. The zero-order chi connectivity index (χ0) is 23.4. The fourth-order valence-electron chi connectivity index (χ4n) is 3.43. The molecule has 1 amide bonds. The molecule has 0 saturated carbocycles. The van der Waals surface area contributed by atoms with Crippen molar-refractivity contribution in [2.45, 2.75) is 13.8 Å². The Labute approximate surface area is 184 Å². The number of carbonyl (C=O) groups is 2. The van der Waals surface area contributed by atoms with E-state index in [1.54, 1.807) is 31.2 Å². The molecule has 0 aliphatic carbocycles. The summed E-state index contributed by atoms with van der Waals surface area (Å²) in [5.41, 5.74) is 1.52. The molecule has 32 heavy (non-hydrogen) atoms. The van der Waals surface area contributed by atoms with E-state index in [0.29, 0.717) is 35.1 Å². The van der Waals surface area contributed by atoms with Gasteiger partial charge >= 0.3 is 5.97 Å². The first-order chi connectivity index (χ1) is 15.3. The molecule has 2 aromatic rings. The van der Waals surface area contributed by atoms with Crippen molar-refractivity contribution < 1.29 is 28.7 Å². The van der Waals surface area contributed by atoms with Gasteiger partial charge in [0.2, 0.25) is 0 Å². The van der Waals surface area contributed by atoms with Gasteiger partial charge in [-0.25, -0.2) is 4.79 Å². The average Bonchev–Trinajstić information content (AvgIpc) is 3.03. The number of methoxy groups -OCH3 is 2. The molecule has 0 atom stereocenters. The Balaban J connectivity index is 2.08. The second-order valence-corrected chi connectivity index (χ2v) is 6.77. The van der Waals surface area contributed by atoms with E-state index in [-0.39, 0.29) is 16.8 Å². The largest absolute Gasteiger partial charge is 0.493 e. The molecule has 2 aromatic carbocycles. The molecule has 0 spiro atoms. The molecule has 0 aromatic heterocycles. The van der Waals surface area contributed by atoms with Gasteiger partial charge in [-0.1, -0.05) is 6.07 Å². The normalized spacial score (nSPS) is 14.7. The zero-order valence-electron chi connectivity index (χ0n) is 18.1. The maximum absolute atomic E-state index is 13.3. The number of nitro groups is 1. The third kappa shape index (κ3) is 4.18. The third-order valence-corrected chi connectivity index (χ3v) is 4.91. The first kappa shape index (κ1) is 22.5. The van der Waals surface area contributed by atoms with Gasteiger partial charge in [0.25, 0.3) is 11.6 Å². The predicted octanol–water partition coefficient (Wildman–Crippen LogP) is 3.88. The van der Waals surface area contributed by atoms with E-state index in [1.165, 1.54) is 43.4 Å². The summed E-state index contributed by atoms with van der Waals surface area (Å²) >= 11 is 0. The average molecular weight is 438 g/mol. The molecule has 9 nitrogen and oxygen atoms in total. The van der Waals surface area contributed by atoms with E-state index >= 15 is 0 Å². The molecule has 1 heterocycles. The minimum absolute atomic E-state index is 0.104. The number of non-ortho nitro benzene ring substituents is 1. The highest BCUT2D eigenvalue weighted by Gasteiger charge is 2.38. The molecule has 3 rings (SSSR count). The number of esters is 1. The lowest BCUT2D eigenvalue weighted by atomic mass is 10.0. The molecule has 166 valence electrons. The van der Waals surface area contributed by atoms with E-state index in [0.717, 1.165) is 0 Å². The lowest BCUT2D eigenvalue weighted by Crippen LogP contribution is -2.24. The van der Waals surface area contributed by atoms with Gasteiger partial charge in [0.15, 0.2) is 11.5 Å². The van der Waals surface area contributed by atoms with Crippen LogP contribution in [-0.4, -0.2) is 37.6 Å². The van der Waals surface area contributed by atoms with Crippen LogP contribution in [-0.2, 0) is 14.3 Å². The second kappa shape index (κ2) is 9.34. The van der Waals surface area contributed by atoms with Crippen molar-refractivity contribution in [1.82, 2.24) is 0 Å². The number of hydrogen-bond donors (Lipinski definition) is 0. The fourth-order valence-corrected chi connectivity index (χ4v) is 3.43. The Morgan fingerprint density at radius 3 is 2.38 bits per heavy atom. The smallest absolute Gasteiger partial charge is 0.340 e. The Kier molecular flexibility index (Phi) is 6.58. The van der Waals surface area contributed by atoms with E-state index in [9.17, 15) is 19.7 Å². The minimum Gasteiger partial charge on any atom is -0.493 e. The van der Waals surface area contributed by atoms with Crippen LogP contribution in [0.3, 0.4) is 0 Å². The Hall–Kier alpha value is -4.14. The van der Waals surface area contributed by atoms with Crippen LogP contribution in [0, 0.1) is 10.1 Å². The van der Waals surface area contributed by atoms with E-state index in [4.69, 9.17) is 14.2 Å². The lowest BCUT2D eigenvalue weighted by molar-refractivity contribution is -0.384. The van der Waals surface area contributed by atoms with Gasteiger partial charge in [-0.3, -0.25) is 19.8 Å². The van der Waals surface area contributed by atoms with Crippen molar-refractivity contribution in [2.75, 3.05) is 25.7 Å². The quantitative estimate of drug-likeness (QED) is 0.279. The molecule has 0 unspecified atom stereocenters. The van der Waals surface area contributed by atoms with Crippen molar-refractivity contribution in [2.24, 2.45) is 0 Å². The van der Waals surface area contributed by atoms with E-state index in [1.807, 2.05) is 6.92 Å². The molecule has 0 saturated heterocycles. The van der Waals surface area contributed by atoms with Crippen molar-refractivity contribution in [1.29, 1.82) is 0 Å². The lowest BCUT2D eigenvalue weighted by Gasteiger charge is -2.17. The highest BCUT2D eigenvalue weighted by Crippen LogP contribution is 2.37. The number of amides is 1. The number of nitrogens with zero attached hydrogens (tertiary/aromatic N) is 2. The van der Waals surface area contributed by atoms with Gasteiger partial charge < -0.3 is 14.2 Å². The summed E-state index contributed by atoms with van der Waals surface area (Å²) < 4.78 is 15.8. The number of ether oxygens (including phenoxy) is 3. The van der Waals surface area contributed by atoms with E-state index < -0.39 is 16.8 Å². The van der Waals surface area contributed by atoms with Crippen LogP contribution in [0.4, 0.5) is 11.4 Å². The minimum atomic E-state index is -0.663. The van der Waals surface area contributed by atoms with Crippen molar-refractivity contribution in [3.63, 3.8) is 0 Å². The molecule has 0 fully saturated rings. The number of nitro benzene ring substituents is 1. The Bertz CT molecular complexity index is 1130. The van der Waals surface area contributed by atoms with Gasteiger partial charge in [0.05, 0.1) is 36.9 Å². The summed E-state index contributed by atoms with van der Waals surface area (Å²) in [5, 5.41) is 10.9. The summed E-state index contributed by atoms with van der Waals surface area (Å²) in [6.07, 6.45) is 1.57. The first-order valence-electron chi connectivity index (χ1n) is 9.73. The Morgan fingerprint density at radius 2 is 1.81 bits per heavy atom. The summed E-state index contributed by atoms with van der Waals surface area (Å²) in [5.74, 6) is -0.0736. The Morgan fingerprint density at radius 1 is 1.12 bits per heavy atom. The van der Waals surface area contributed by atoms with Crippen LogP contribution in [0.2, 0.25) is 0 Å². The molecule has 0 N–H and O–H groups in total. The van der Waals surface area contributed by atoms with Gasteiger partial charge in [0, 0.05) is 23.5 Å². The van der Waals surface area contributed by atoms with Crippen molar-refractivity contribution in [3.05, 3.63) is 75.0 Å². The molecular weight excluding hydrogens is 416 g/mol. The van der Waals surface area contributed by atoms with Crippen LogP contribution >= 0.6 is 0 Å². The van der Waals surface area contributed by atoms with Crippen molar-refractivity contribution in [3.8, 4) is 11.5 Å². The van der Waals surface area contributed by atoms with Crippen LogP contribution in [0.5, 0.6) is 11.5 Å². The number of benzene rings is 2. The molecule has 1 aliphatic heterocycles. The van der Waals surface area contributed by atoms with Crippen LogP contribution in [0.1, 0.15) is 19.4 Å². The monoisotopic (exact) mass is 438 g/mol. The van der Waals surface area contributed by atoms with Crippen LogP contribution in [0.15, 0.2) is 59.3 Å². The first-order valence-corrected chi connectivity index (χ1v) is 9.73. The summed E-state index contributed by atoms with van der Waals surface area (Å²) in [6, 6.07) is 10.7. The maximum Gasteiger partial charge on any atom is 0.340 e. The number of hydrogen-bond acceptors (Lipinski definition) is 7. The predicted molar refractivity (Wildman–Crippen MR) is 117 cm³/mol. The van der Waals surface area contributed by atoms with Crippen molar-refractivity contribution >= 4 is 29.3 Å².